The third-order valence-electron chi connectivity index (χ3n) is 5.22. The smallest absolute Gasteiger partial charge is 0.232 e. The Kier molecular flexibility index (Phi) is 4.09. The highest BCUT2D eigenvalue weighted by Crippen LogP contribution is 2.39. The zero-order valence-electron chi connectivity index (χ0n) is 14.2. The van der Waals surface area contributed by atoms with Crippen LogP contribution in [0.1, 0.15) is 47.9 Å². The number of likely N-dealkylation sites (tertiary alicyclic amines) is 1. The van der Waals surface area contributed by atoms with Crippen molar-refractivity contribution in [1.82, 2.24) is 0 Å². The first-order valence-corrected chi connectivity index (χ1v) is 8.80. The highest BCUT2D eigenvalue weighted by atomic mass is 16.5. The van der Waals surface area contributed by atoms with Gasteiger partial charge in [0.25, 0.3) is 0 Å². The number of carbonyl (C=O) groups excluding carboxylic acids is 1. The van der Waals surface area contributed by atoms with E-state index in [1.165, 1.54) is 24.2 Å². The first-order valence-electron chi connectivity index (χ1n) is 8.80. The number of furan rings is 1. The SMILES string of the molecule is C[C@@H]1CCCC[NH+]1Cc1c(O)ccc2c1O/C(=C/c1ccco1)C2=O. The van der Waals surface area contributed by atoms with E-state index in [-0.39, 0.29) is 17.3 Å². The fraction of sp³-hybridized carbons (Fsp3) is 0.350. The molecule has 2 N–H and O–H groups in total. The molecule has 2 aliphatic rings. The van der Waals surface area contributed by atoms with E-state index in [0.717, 1.165) is 12.1 Å². The average Bonchev–Trinajstić information content (AvgIpc) is 3.21. The second kappa shape index (κ2) is 6.41. The van der Waals surface area contributed by atoms with Crippen molar-refractivity contribution in [2.24, 2.45) is 0 Å². The number of rotatable bonds is 3. The number of quaternary nitrogens is 1. The van der Waals surface area contributed by atoms with Crippen LogP contribution in [0, 0.1) is 0 Å². The first-order chi connectivity index (χ1) is 12.1. The highest BCUT2D eigenvalue weighted by Gasteiger charge is 2.33. The maximum atomic E-state index is 12.6. The molecule has 0 saturated carbocycles. The van der Waals surface area contributed by atoms with Crippen LogP contribution in [0.5, 0.6) is 11.5 Å². The van der Waals surface area contributed by atoms with E-state index in [9.17, 15) is 9.90 Å². The van der Waals surface area contributed by atoms with Gasteiger partial charge in [0.15, 0.2) is 11.5 Å². The van der Waals surface area contributed by atoms with Gasteiger partial charge >= 0.3 is 0 Å². The minimum atomic E-state index is -0.172. The number of phenols is 1. The number of benzene rings is 1. The minimum absolute atomic E-state index is 0.172. The Hall–Kier alpha value is -2.53. The largest absolute Gasteiger partial charge is 0.507 e. The molecule has 1 unspecified atom stereocenters. The summed E-state index contributed by atoms with van der Waals surface area (Å²) < 4.78 is 11.1. The number of hydrogen-bond donors (Lipinski definition) is 2. The molecule has 0 amide bonds. The molecule has 5 heteroatoms. The van der Waals surface area contributed by atoms with Gasteiger partial charge in [-0.1, -0.05) is 0 Å². The lowest BCUT2D eigenvalue weighted by atomic mass is 10.0. The number of phenolic OH excluding ortho intramolecular Hbond substituents is 1. The zero-order chi connectivity index (χ0) is 17.4. The number of nitrogens with one attached hydrogen (secondary N) is 1. The monoisotopic (exact) mass is 340 g/mol. The zero-order valence-corrected chi connectivity index (χ0v) is 14.2. The van der Waals surface area contributed by atoms with Crippen LogP contribution in [0.4, 0.5) is 0 Å². The van der Waals surface area contributed by atoms with E-state index in [4.69, 9.17) is 9.15 Å². The number of hydrogen-bond acceptors (Lipinski definition) is 4. The number of piperidine rings is 1. The van der Waals surface area contributed by atoms with Crippen molar-refractivity contribution in [2.75, 3.05) is 6.54 Å². The Morgan fingerprint density at radius 3 is 2.96 bits per heavy atom. The molecule has 3 heterocycles. The summed E-state index contributed by atoms with van der Waals surface area (Å²) in [6.07, 6.45) is 6.79. The van der Waals surface area contributed by atoms with Gasteiger partial charge < -0.3 is 19.2 Å². The lowest BCUT2D eigenvalue weighted by Gasteiger charge is -2.30. The third-order valence-corrected chi connectivity index (χ3v) is 5.22. The summed E-state index contributed by atoms with van der Waals surface area (Å²) >= 11 is 0. The maximum Gasteiger partial charge on any atom is 0.232 e. The van der Waals surface area contributed by atoms with Gasteiger partial charge in [0.05, 0.1) is 30.0 Å². The number of carbonyl (C=O) groups is 1. The van der Waals surface area contributed by atoms with Gasteiger partial charge in [-0.3, -0.25) is 4.79 Å². The first kappa shape index (κ1) is 16.0. The quantitative estimate of drug-likeness (QED) is 0.843. The Balaban J connectivity index is 1.67. The van der Waals surface area contributed by atoms with Crippen LogP contribution in [-0.4, -0.2) is 23.5 Å². The topological polar surface area (TPSA) is 64.1 Å². The van der Waals surface area contributed by atoms with Gasteiger partial charge in [-0.15, -0.1) is 0 Å². The second-order valence-corrected chi connectivity index (χ2v) is 6.88. The van der Waals surface area contributed by atoms with Crippen LogP contribution in [0.25, 0.3) is 6.08 Å². The fourth-order valence-corrected chi connectivity index (χ4v) is 3.71. The van der Waals surface area contributed by atoms with Crippen LogP contribution < -0.4 is 9.64 Å². The number of ketones is 1. The lowest BCUT2D eigenvalue weighted by Crippen LogP contribution is -3.14. The molecule has 1 fully saturated rings. The lowest BCUT2D eigenvalue weighted by molar-refractivity contribution is -0.941. The van der Waals surface area contributed by atoms with Crippen molar-refractivity contribution in [3.63, 3.8) is 0 Å². The van der Waals surface area contributed by atoms with Crippen LogP contribution >= 0.6 is 0 Å². The van der Waals surface area contributed by atoms with Gasteiger partial charge in [0.2, 0.25) is 5.78 Å². The summed E-state index contributed by atoms with van der Waals surface area (Å²) in [5.41, 5.74) is 1.23. The molecule has 2 aromatic rings. The molecular weight excluding hydrogens is 318 g/mol. The minimum Gasteiger partial charge on any atom is -0.507 e. The molecule has 0 bridgehead atoms. The molecule has 0 spiro atoms. The molecule has 1 aromatic carbocycles. The summed E-state index contributed by atoms with van der Waals surface area (Å²) in [5.74, 6) is 1.31. The van der Waals surface area contributed by atoms with E-state index >= 15 is 0 Å². The van der Waals surface area contributed by atoms with E-state index in [1.807, 2.05) is 0 Å². The van der Waals surface area contributed by atoms with Gasteiger partial charge in [-0.25, -0.2) is 0 Å². The van der Waals surface area contributed by atoms with Crippen molar-refractivity contribution in [1.29, 1.82) is 0 Å². The molecule has 130 valence electrons. The Labute approximate surface area is 146 Å². The normalized spacial score (nSPS) is 24.4. The predicted molar refractivity (Wildman–Crippen MR) is 92.6 cm³/mol. The fourth-order valence-electron chi connectivity index (χ4n) is 3.71. The molecule has 25 heavy (non-hydrogen) atoms. The number of allylic oxidation sites excluding steroid dienone is 1. The Morgan fingerprint density at radius 1 is 1.32 bits per heavy atom. The second-order valence-electron chi connectivity index (χ2n) is 6.88. The molecule has 1 saturated heterocycles. The molecule has 2 aliphatic heterocycles. The highest BCUT2D eigenvalue weighted by molar-refractivity contribution is 6.14. The van der Waals surface area contributed by atoms with E-state index in [2.05, 4.69) is 6.92 Å². The van der Waals surface area contributed by atoms with Gasteiger partial charge in [-0.05, 0) is 50.5 Å². The summed E-state index contributed by atoms with van der Waals surface area (Å²) in [6, 6.07) is 7.30. The molecule has 4 rings (SSSR count). The van der Waals surface area contributed by atoms with Crippen LogP contribution in [0.15, 0.2) is 40.7 Å². The van der Waals surface area contributed by atoms with E-state index in [1.54, 1.807) is 36.6 Å². The predicted octanol–water partition coefficient (Wildman–Crippen LogP) is 2.56. The number of aromatic hydroxyl groups is 1. The standard InChI is InChI=1S/C20H21NO4/c1-13-5-2-3-9-21(13)12-16-17(22)8-7-15-19(23)18(25-20(15)16)11-14-6-4-10-24-14/h4,6-8,10-11,13,22H,2-3,5,9,12H2,1H3/p+1/b18-11+/t13-/m1/s1. The van der Waals surface area contributed by atoms with Crippen LogP contribution in [0.3, 0.4) is 0 Å². The average molecular weight is 340 g/mol. The summed E-state index contributed by atoms with van der Waals surface area (Å²) in [6.45, 7) is 3.98. The third kappa shape index (κ3) is 2.96. The Bertz CT molecular complexity index is 822. The number of fused-ring (bicyclic) bond motifs is 1. The summed E-state index contributed by atoms with van der Waals surface area (Å²) in [5, 5.41) is 10.4. The Morgan fingerprint density at radius 2 is 2.20 bits per heavy atom. The van der Waals surface area contributed by atoms with Crippen molar-refractivity contribution in [3.8, 4) is 11.5 Å². The molecule has 1 aromatic heterocycles. The van der Waals surface area contributed by atoms with Gasteiger partial charge in [-0.2, -0.15) is 0 Å². The van der Waals surface area contributed by atoms with Crippen molar-refractivity contribution in [2.45, 2.75) is 38.8 Å². The van der Waals surface area contributed by atoms with Crippen molar-refractivity contribution >= 4 is 11.9 Å². The molecule has 0 radical (unpaired) electrons. The van der Waals surface area contributed by atoms with Gasteiger partial charge in [0, 0.05) is 6.08 Å². The van der Waals surface area contributed by atoms with E-state index < -0.39 is 0 Å². The number of Topliss-reactive ketones (excluding diaryl/α,β-unsaturated/α-hetero) is 1. The van der Waals surface area contributed by atoms with Crippen molar-refractivity contribution < 1.29 is 24.0 Å². The van der Waals surface area contributed by atoms with Crippen LogP contribution in [0.2, 0.25) is 0 Å². The molecule has 2 atom stereocenters. The van der Waals surface area contributed by atoms with Crippen molar-refractivity contribution in [3.05, 3.63) is 53.2 Å². The maximum absolute atomic E-state index is 12.6. The summed E-state index contributed by atoms with van der Waals surface area (Å²) in [7, 11) is 0. The van der Waals surface area contributed by atoms with E-state index in [0.29, 0.717) is 29.7 Å². The summed E-state index contributed by atoms with van der Waals surface area (Å²) in [4.78, 5) is 14.0. The molecule has 5 nitrogen and oxygen atoms in total. The molecular formula is C20H22NO4+. The number of ether oxygens (including phenoxy) is 1. The van der Waals surface area contributed by atoms with Gasteiger partial charge in [0.1, 0.15) is 18.1 Å². The molecule has 0 aliphatic carbocycles. The van der Waals surface area contributed by atoms with Crippen LogP contribution in [-0.2, 0) is 6.54 Å².